The number of carbonyl (C=O) groups excluding carboxylic acids is 6. The van der Waals surface area contributed by atoms with Gasteiger partial charge in [-0.3, -0.25) is 48.6 Å². The van der Waals surface area contributed by atoms with E-state index in [0.717, 1.165) is 152 Å². The standard InChI is InChI=1S/C98H141F2N11O21/c1-5-6-7-8-9-11-14-17-20-37-98(95(120)121,38-21-18-15-12-10-13-16-19-24-88(114)115)94(119)101-39-49-124-51-53-126-55-57-128-59-61-130-63-62-129-60-58-127-56-54-125-52-50-123-48-36-86(112)102-68-89(116)132-97(3,4)76-29-30-80(83(100)64-76)92(117)106-84-66-77(99)65-81(72(84)2)90-82-67-85(105-91(82)104-71-103-90)74-27-25-73(26-28-74)69-109-43-33-79(34-44-109)131-78-31-41-108(42-32-78)46-47-110-40-22-23-75(93(110)118)70-111-45-35-87(113)107-96(111)122/h22-23,25-30,40,64-67,71,78-79H,5-21,24,31-39,41-63,68-70H2,1-4H3,(H,101,119)(H,102,112)(H,106,117)(H,114,115)(H,120,121)(H,103,104,105)(H,107,113,122). The van der Waals surface area contributed by atoms with Crippen molar-refractivity contribution in [2.45, 2.75) is 232 Å². The Morgan fingerprint density at radius 1 is 0.583 bits per heavy atom. The lowest BCUT2D eigenvalue weighted by molar-refractivity contribution is -0.158. The lowest BCUT2D eigenvalue weighted by Gasteiger charge is -2.37. The summed E-state index contributed by atoms with van der Waals surface area (Å²) in [5, 5.41) is 30.3. The molecule has 34 heteroatoms. The van der Waals surface area contributed by atoms with Gasteiger partial charge in [-0.25, -0.2) is 23.5 Å². The predicted octanol–water partition coefficient (Wildman–Crippen LogP) is 13.4. The molecular formula is C98H141F2N11O21. The molecule has 0 saturated carbocycles. The minimum absolute atomic E-state index is 0.0364. The maximum Gasteiger partial charge on any atom is 0.326 e. The fourth-order valence-corrected chi connectivity index (χ4v) is 16.5. The number of piperidine rings is 2. The van der Waals surface area contributed by atoms with Crippen LogP contribution in [0, 0.1) is 24.0 Å². The Balaban J connectivity index is 0.559. The van der Waals surface area contributed by atoms with Crippen LogP contribution in [0.4, 0.5) is 19.3 Å². The van der Waals surface area contributed by atoms with E-state index in [-0.39, 0.29) is 112 Å². The number of fused-ring (bicyclic) bond motifs is 1. The molecule has 0 aliphatic carbocycles. The second kappa shape index (κ2) is 58.5. The van der Waals surface area contributed by atoms with Crippen LogP contribution in [0.3, 0.4) is 0 Å². The zero-order chi connectivity index (χ0) is 94.1. The van der Waals surface area contributed by atoms with Crippen LogP contribution in [0.25, 0.3) is 33.5 Å². The molecule has 1 atom stereocenters. The molecular weight excluding hydrogens is 1710 g/mol. The van der Waals surface area contributed by atoms with Gasteiger partial charge in [0, 0.05) is 112 Å². The average Bonchev–Trinajstić information content (AvgIpc) is 1.59. The molecule has 0 spiro atoms. The van der Waals surface area contributed by atoms with Gasteiger partial charge < -0.3 is 92.9 Å². The number of esters is 1. The maximum atomic E-state index is 16.0. The number of nitrogens with one attached hydrogen (secondary N) is 5. The Labute approximate surface area is 774 Å². The summed E-state index contributed by atoms with van der Waals surface area (Å²) < 4.78 is 90.2. The van der Waals surface area contributed by atoms with Crippen LogP contribution in [-0.2, 0) is 101 Å². The fraction of sp³-hybridized carbons (Fsp3) is 0.622. The van der Waals surface area contributed by atoms with E-state index in [1.807, 2.05) is 12.1 Å². The lowest BCUT2D eigenvalue weighted by Crippen LogP contribution is -2.49. The van der Waals surface area contributed by atoms with Gasteiger partial charge in [-0.1, -0.05) is 146 Å². The largest absolute Gasteiger partial charge is 0.481 e. The summed E-state index contributed by atoms with van der Waals surface area (Å²) in [5.41, 5.74) is 2.16. The summed E-state index contributed by atoms with van der Waals surface area (Å²) in [7, 11) is 0. The molecule has 0 bridgehead atoms. The first kappa shape index (κ1) is 106. The van der Waals surface area contributed by atoms with E-state index in [1.165, 1.54) is 61.5 Å². The normalized spacial score (nSPS) is 14.8. The number of anilines is 1. The number of H-pyrrole nitrogens is 1. The Morgan fingerprint density at radius 3 is 1.70 bits per heavy atom. The van der Waals surface area contributed by atoms with Crippen molar-refractivity contribution in [1.82, 2.24) is 50.2 Å². The monoisotopic (exact) mass is 1850 g/mol. The number of imide groups is 1. The highest BCUT2D eigenvalue weighted by Gasteiger charge is 2.45. The number of amides is 6. The third-order valence-corrected chi connectivity index (χ3v) is 24.3. The Morgan fingerprint density at radius 2 is 1.14 bits per heavy atom. The SMILES string of the molecule is CCCCCCCCCCCC(CCCCCCCCCCC(=O)O)(C(=O)O)C(=O)NCCOCCOCCOCCOCCOCCOCCOCCOCCC(=O)NCC(=O)OC(C)(C)c1ccc(C(=O)Nc2cc(F)cc(-c3ncnc4[nH]c(-c5ccc(CN6CCC(OC7CCN(CCn8cccc(CN9CCC(=O)NC9=O)c8=O)CC7)CC6)cc5)cc34)c2C)c(F)c1. The third kappa shape index (κ3) is 37.0. The van der Waals surface area contributed by atoms with Crippen molar-refractivity contribution in [1.29, 1.82) is 0 Å². The van der Waals surface area contributed by atoms with Gasteiger partial charge in [0.25, 0.3) is 11.5 Å². The molecule has 3 aliphatic heterocycles. The number of benzene rings is 3. The van der Waals surface area contributed by atoms with Crippen molar-refractivity contribution in [3.8, 4) is 22.5 Å². The highest BCUT2D eigenvalue weighted by Crippen LogP contribution is 2.38. The number of unbranched alkanes of at least 4 members (excludes halogenated alkanes) is 15. The van der Waals surface area contributed by atoms with E-state index in [0.29, 0.717) is 145 Å². The summed E-state index contributed by atoms with van der Waals surface area (Å²) in [4.78, 5) is 132. The van der Waals surface area contributed by atoms with Gasteiger partial charge in [0.05, 0.1) is 136 Å². The van der Waals surface area contributed by atoms with Crippen LogP contribution in [-0.4, -0.2) is 262 Å². The van der Waals surface area contributed by atoms with Crippen LogP contribution in [0.15, 0.2) is 90.1 Å². The lowest BCUT2D eigenvalue weighted by atomic mass is 9.76. The number of pyridine rings is 1. The number of carbonyl (C=O) groups is 8. The molecule has 3 saturated heterocycles. The second-order valence-corrected chi connectivity index (χ2v) is 34.7. The minimum atomic E-state index is -1.48. The summed E-state index contributed by atoms with van der Waals surface area (Å²) in [6.07, 6.45) is 25.1. The van der Waals surface area contributed by atoms with Crippen molar-refractivity contribution < 1.29 is 105 Å². The number of aliphatic carboxylic acids is 2. The molecule has 6 heterocycles. The number of aromatic nitrogens is 4. The van der Waals surface area contributed by atoms with Gasteiger partial charge >= 0.3 is 23.9 Å². The third-order valence-electron chi connectivity index (χ3n) is 24.3. The molecule has 9 rings (SSSR count). The number of carboxylic acid groups (broad SMARTS) is 2. The van der Waals surface area contributed by atoms with Crippen LogP contribution in [0.1, 0.15) is 220 Å². The summed E-state index contributed by atoms with van der Waals surface area (Å²) in [6.45, 7) is 17.9. The number of ether oxygens (including phenoxy) is 10. The molecule has 3 aromatic heterocycles. The van der Waals surface area contributed by atoms with Crippen molar-refractivity contribution in [2.75, 3.05) is 163 Å². The number of likely N-dealkylation sites (tertiary alicyclic amines) is 2. The molecule has 7 N–H and O–H groups in total. The molecule has 3 fully saturated rings. The van der Waals surface area contributed by atoms with Crippen molar-refractivity contribution in [3.05, 3.63) is 135 Å². The zero-order valence-corrected chi connectivity index (χ0v) is 77.8. The zero-order valence-electron chi connectivity index (χ0n) is 77.8. The van der Waals surface area contributed by atoms with Gasteiger partial charge in [-0.05, 0) is 124 Å². The van der Waals surface area contributed by atoms with Crippen molar-refractivity contribution >= 4 is 64.3 Å². The number of aromatic amines is 1. The Hall–Kier alpha value is -9.59. The number of carboxylic acids is 2. The molecule has 1 unspecified atom stereocenters. The van der Waals surface area contributed by atoms with E-state index < -0.39 is 70.9 Å². The van der Waals surface area contributed by atoms with Gasteiger partial charge in [-0.15, -0.1) is 0 Å². The van der Waals surface area contributed by atoms with Crippen LogP contribution in [0.5, 0.6) is 0 Å². The van der Waals surface area contributed by atoms with Gasteiger partial charge in [-0.2, -0.15) is 0 Å². The number of halogens is 2. The van der Waals surface area contributed by atoms with Crippen LogP contribution < -0.4 is 26.8 Å². The topological polar surface area (TPSA) is 391 Å². The van der Waals surface area contributed by atoms with E-state index in [2.05, 4.69) is 77.2 Å². The van der Waals surface area contributed by atoms with E-state index in [9.17, 15) is 48.3 Å². The molecule has 32 nitrogen and oxygen atoms in total. The number of urea groups is 1. The van der Waals surface area contributed by atoms with Crippen molar-refractivity contribution in [2.24, 2.45) is 5.41 Å². The molecule has 132 heavy (non-hydrogen) atoms. The van der Waals surface area contributed by atoms with Crippen LogP contribution in [0.2, 0.25) is 0 Å². The highest BCUT2D eigenvalue weighted by atomic mass is 19.1. The molecule has 0 radical (unpaired) electrons. The summed E-state index contributed by atoms with van der Waals surface area (Å²) in [5.74, 6) is -6.27. The molecule has 3 aromatic carbocycles. The number of rotatable bonds is 67. The van der Waals surface area contributed by atoms with Gasteiger partial charge in [0.15, 0.2) is 0 Å². The van der Waals surface area contributed by atoms with E-state index in [4.69, 9.17) is 52.5 Å². The molecule has 6 aromatic rings. The van der Waals surface area contributed by atoms with E-state index in [1.54, 1.807) is 37.6 Å². The average molecular weight is 1850 g/mol. The maximum absolute atomic E-state index is 16.0. The number of nitrogens with zero attached hydrogens (tertiary/aromatic N) is 6. The van der Waals surface area contributed by atoms with Gasteiger partial charge in [0.2, 0.25) is 17.7 Å². The highest BCUT2D eigenvalue weighted by molar-refractivity contribution is 6.06. The van der Waals surface area contributed by atoms with Crippen LogP contribution >= 0.6 is 0 Å². The first-order valence-electron chi connectivity index (χ1n) is 47.5. The fourth-order valence-electron chi connectivity index (χ4n) is 16.5. The second-order valence-electron chi connectivity index (χ2n) is 34.7. The molecule has 728 valence electrons. The number of hydrogen-bond acceptors (Lipinski definition) is 23. The first-order valence-corrected chi connectivity index (χ1v) is 47.5. The summed E-state index contributed by atoms with van der Waals surface area (Å²) >= 11 is 0. The van der Waals surface area contributed by atoms with Crippen molar-refractivity contribution in [3.63, 3.8) is 0 Å². The Kier molecular flexibility index (Phi) is 47.1. The minimum Gasteiger partial charge on any atom is -0.481 e. The smallest absolute Gasteiger partial charge is 0.326 e. The summed E-state index contributed by atoms with van der Waals surface area (Å²) in [6, 6.07) is 19.6. The Bertz CT molecular complexity index is 4600. The predicted molar refractivity (Wildman–Crippen MR) is 494 cm³/mol. The first-order chi connectivity index (χ1) is 64.0. The van der Waals surface area contributed by atoms with E-state index >= 15 is 8.78 Å². The molecule has 3 aliphatic rings. The molecule has 6 amide bonds. The quantitative estimate of drug-likeness (QED) is 0.0106. The number of hydrogen-bond donors (Lipinski definition) is 7. The van der Waals surface area contributed by atoms with Gasteiger partial charge in [0.1, 0.15) is 41.2 Å².